The average Bonchev–Trinajstić information content (AvgIpc) is 2.99. The Morgan fingerprint density at radius 3 is 2.70 bits per heavy atom. The first-order valence-electron chi connectivity index (χ1n) is 6.81. The molecule has 23 heavy (non-hydrogen) atoms. The zero-order valence-electron chi connectivity index (χ0n) is 11.7. The highest BCUT2D eigenvalue weighted by Gasteiger charge is 2.13. The topological polar surface area (TPSA) is 84.7 Å². The lowest BCUT2D eigenvalue weighted by Crippen LogP contribution is -1.87. The summed E-state index contributed by atoms with van der Waals surface area (Å²) in [4.78, 5) is 22.3. The van der Waals surface area contributed by atoms with Crippen molar-refractivity contribution in [3.8, 4) is 11.4 Å². The van der Waals surface area contributed by atoms with E-state index in [1.165, 1.54) is 12.1 Å². The predicted molar refractivity (Wildman–Crippen MR) is 88.5 cm³/mol. The number of benzene rings is 2. The van der Waals surface area contributed by atoms with E-state index in [0.717, 1.165) is 16.5 Å². The molecule has 0 saturated carbocycles. The maximum Gasteiger partial charge on any atom is 0.269 e. The van der Waals surface area contributed by atoms with Crippen molar-refractivity contribution in [3.05, 3.63) is 63.8 Å². The van der Waals surface area contributed by atoms with Gasteiger partial charge in [-0.2, -0.15) is 0 Å². The number of pyridine rings is 1. The van der Waals surface area contributed by atoms with Gasteiger partial charge in [-0.15, -0.1) is 0 Å². The number of nitrogens with zero attached hydrogens (tertiary/aromatic N) is 3. The summed E-state index contributed by atoms with van der Waals surface area (Å²) in [5.74, 6) is 0.604. The van der Waals surface area contributed by atoms with Crippen molar-refractivity contribution >= 4 is 39.2 Å². The molecule has 0 amide bonds. The fraction of sp³-hybridized carbons (Fsp3) is 0. The van der Waals surface area contributed by atoms with Gasteiger partial charge in [0.15, 0.2) is 0 Å². The molecular formula is C16H9ClN4O2. The highest BCUT2D eigenvalue weighted by molar-refractivity contribution is 6.39. The molecule has 0 aliphatic rings. The van der Waals surface area contributed by atoms with Crippen molar-refractivity contribution in [2.45, 2.75) is 0 Å². The molecule has 0 aliphatic heterocycles. The van der Waals surface area contributed by atoms with Gasteiger partial charge in [0.1, 0.15) is 5.82 Å². The fourth-order valence-corrected chi connectivity index (χ4v) is 2.82. The number of rotatable bonds is 2. The Balaban J connectivity index is 1.90. The number of aromatic amines is 1. The van der Waals surface area contributed by atoms with Gasteiger partial charge >= 0.3 is 0 Å². The summed E-state index contributed by atoms with van der Waals surface area (Å²) in [7, 11) is 0. The molecule has 7 heteroatoms. The Kier molecular flexibility index (Phi) is 2.99. The van der Waals surface area contributed by atoms with Crippen LogP contribution in [0.5, 0.6) is 0 Å². The van der Waals surface area contributed by atoms with E-state index in [4.69, 9.17) is 11.6 Å². The van der Waals surface area contributed by atoms with E-state index in [-0.39, 0.29) is 5.69 Å². The Bertz CT molecular complexity index is 1060. The van der Waals surface area contributed by atoms with Crippen LogP contribution < -0.4 is 0 Å². The predicted octanol–water partition coefficient (Wildman–Crippen LogP) is 4.34. The minimum Gasteiger partial charge on any atom is -0.337 e. The van der Waals surface area contributed by atoms with Crippen molar-refractivity contribution < 1.29 is 4.92 Å². The number of aromatic nitrogens is 3. The molecule has 0 atom stereocenters. The lowest BCUT2D eigenvalue weighted by molar-refractivity contribution is -0.384. The molecule has 112 valence electrons. The molecular weight excluding hydrogens is 316 g/mol. The number of hydrogen-bond acceptors (Lipinski definition) is 4. The number of hydrogen-bond donors (Lipinski definition) is 1. The number of imidazole rings is 1. The molecule has 0 fully saturated rings. The quantitative estimate of drug-likeness (QED) is 0.439. The number of H-pyrrole nitrogens is 1. The standard InChI is InChI=1S/C16H9ClN4O2/c17-13-14-10(2-1-7-18-14)8-12-15(13)20-16(19-12)9-3-5-11(6-4-9)21(22)23/h1-8H,(H,19,20). The SMILES string of the molecule is O=[N+]([O-])c1ccc(-c2nc3cc4cccnc4c(Cl)c3[nH]2)cc1. The van der Waals surface area contributed by atoms with E-state index < -0.39 is 4.92 Å². The molecule has 4 rings (SSSR count). The Morgan fingerprint density at radius 2 is 1.96 bits per heavy atom. The Labute approximate surface area is 134 Å². The number of nitro benzene ring substituents is 1. The first-order chi connectivity index (χ1) is 11.1. The third-order valence-corrected chi connectivity index (χ3v) is 4.01. The van der Waals surface area contributed by atoms with Gasteiger partial charge in [0.25, 0.3) is 5.69 Å². The molecule has 0 saturated heterocycles. The number of nitrogens with one attached hydrogen (secondary N) is 1. The minimum atomic E-state index is -0.433. The van der Waals surface area contributed by atoms with Gasteiger partial charge in [0, 0.05) is 29.3 Å². The van der Waals surface area contributed by atoms with Gasteiger partial charge in [-0.25, -0.2) is 4.98 Å². The van der Waals surface area contributed by atoms with Crippen LogP contribution in [0, 0.1) is 10.1 Å². The second kappa shape index (κ2) is 5.03. The van der Waals surface area contributed by atoms with E-state index in [1.54, 1.807) is 18.3 Å². The third kappa shape index (κ3) is 2.20. The monoisotopic (exact) mass is 324 g/mol. The van der Waals surface area contributed by atoms with Crippen LogP contribution in [0.4, 0.5) is 5.69 Å². The van der Waals surface area contributed by atoms with Crippen LogP contribution in [0.2, 0.25) is 5.02 Å². The molecule has 4 aromatic rings. The van der Waals surface area contributed by atoms with Crippen LogP contribution in [0.25, 0.3) is 33.3 Å². The van der Waals surface area contributed by atoms with Crippen LogP contribution >= 0.6 is 11.6 Å². The maximum absolute atomic E-state index is 10.7. The summed E-state index contributed by atoms with van der Waals surface area (Å²) in [5.41, 5.74) is 2.92. The van der Waals surface area contributed by atoms with Gasteiger partial charge in [-0.3, -0.25) is 15.1 Å². The summed E-state index contributed by atoms with van der Waals surface area (Å²) in [6, 6.07) is 11.9. The van der Waals surface area contributed by atoms with Crippen molar-refractivity contribution in [3.63, 3.8) is 0 Å². The van der Waals surface area contributed by atoms with E-state index in [0.29, 0.717) is 21.9 Å². The van der Waals surface area contributed by atoms with E-state index in [2.05, 4.69) is 15.0 Å². The minimum absolute atomic E-state index is 0.0397. The van der Waals surface area contributed by atoms with E-state index in [9.17, 15) is 10.1 Å². The average molecular weight is 325 g/mol. The summed E-state index contributed by atoms with van der Waals surface area (Å²) in [6.45, 7) is 0. The molecule has 0 aliphatic carbocycles. The largest absolute Gasteiger partial charge is 0.337 e. The molecule has 2 aromatic heterocycles. The van der Waals surface area contributed by atoms with Crippen LogP contribution in [0.1, 0.15) is 0 Å². The molecule has 1 N–H and O–H groups in total. The second-order valence-corrected chi connectivity index (χ2v) is 5.43. The zero-order chi connectivity index (χ0) is 16.0. The number of non-ortho nitro benzene ring substituents is 1. The molecule has 2 aromatic carbocycles. The number of nitro groups is 1. The molecule has 6 nitrogen and oxygen atoms in total. The summed E-state index contributed by atoms with van der Waals surface area (Å²) in [5, 5.41) is 12.1. The van der Waals surface area contributed by atoms with Crippen molar-refractivity contribution in [2.24, 2.45) is 0 Å². The van der Waals surface area contributed by atoms with Crippen molar-refractivity contribution in [1.29, 1.82) is 0 Å². The zero-order valence-corrected chi connectivity index (χ0v) is 12.4. The van der Waals surface area contributed by atoms with Crippen molar-refractivity contribution in [2.75, 3.05) is 0 Å². The van der Waals surface area contributed by atoms with Gasteiger partial charge < -0.3 is 4.98 Å². The molecule has 2 heterocycles. The fourth-order valence-electron chi connectivity index (χ4n) is 2.52. The van der Waals surface area contributed by atoms with E-state index in [1.807, 2.05) is 18.2 Å². The molecule has 0 unspecified atom stereocenters. The van der Waals surface area contributed by atoms with Gasteiger partial charge in [0.2, 0.25) is 0 Å². The van der Waals surface area contributed by atoms with Crippen molar-refractivity contribution in [1.82, 2.24) is 15.0 Å². The lowest BCUT2D eigenvalue weighted by Gasteiger charge is -1.99. The van der Waals surface area contributed by atoms with Crippen LogP contribution in [0.3, 0.4) is 0 Å². The summed E-state index contributed by atoms with van der Waals surface area (Å²) in [6.07, 6.45) is 1.69. The summed E-state index contributed by atoms with van der Waals surface area (Å²) < 4.78 is 0. The van der Waals surface area contributed by atoms with Crippen LogP contribution in [-0.2, 0) is 0 Å². The molecule has 0 radical (unpaired) electrons. The first kappa shape index (κ1) is 13.7. The smallest absolute Gasteiger partial charge is 0.269 e. The van der Waals surface area contributed by atoms with Crippen LogP contribution in [0.15, 0.2) is 48.7 Å². The van der Waals surface area contributed by atoms with Gasteiger partial charge in [0.05, 0.1) is 26.5 Å². The highest BCUT2D eigenvalue weighted by Crippen LogP contribution is 2.32. The lowest BCUT2D eigenvalue weighted by atomic mass is 10.2. The Hall–Kier alpha value is -2.99. The van der Waals surface area contributed by atoms with Gasteiger partial charge in [-0.05, 0) is 24.3 Å². The van der Waals surface area contributed by atoms with Gasteiger partial charge in [-0.1, -0.05) is 17.7 Å². The number of halogens is 1. The summed E-state index contributed by atoms with van der Waals surface area (Å²) >= 11 is 6.42. The Morgan fingerprint density at radius 1 is 1.17 bits per heavy atom. The first-order valence-corrected chi connectivity index (χ1v) is 7.19. The molecule has 0 spiro atoms. The second-order valence-electron chi connectivity index (χ2n) is 5.05. The van der Waals surface area contributed by atoms with E-state index >= 15 is 0 Å². The third-order valence-electron chi connectivity index (χ3n) is 3.64. The van der Waals surface area contributed by atoms with Crippen LogP contribution in [-0.4, -0.2) is 19.9 Å². The normalized spacial score (nSPS) is 11.2. The highest BCUT2D eigenvalue weighted by atomic mass is 35.5. The number of fused-ring (bicyclic) bond motifs is 2. The maximum atomic E-state index is 10.7. The molecule has 0 bridgehead atoms.